The molecule has 0 amide bonds. The molecule has 4 unspecified atom stereocenters. The minimum absolute atomic E-state index is 0.786. The van der Waals surface area contributed by atoms with Gasteiger partial charge < -0.3 is 5.32 Å². The van der Waals surface area contributed by atoms with Crippen LogP contribution in [0.3, 0.4) is 0 Å². The fourth-order valence-corrected chi connectivity index (χ4v) is 3.87. The van der Waals surface area contributed by atoms with E-state index in [4.69, 9.17) is 0 Å². The van der Waals surface area contributed by atoms with Crippen molar-refractivity contribution >= 4 is 0 Å². The maximum atomic E-state index is 3.83. The van der Waals surface area contributed by atoms with Crippen molar-refractivity contribution in [2.45, 2.75) is 85.1 Å². The molecule has 1 N–H and O–H groups in total. The first-order chi connectivity index (χ1) is 8.72. The van der Waals surface area contributed by atoms with E-state index in [0.29, 0.717) is 0 Å². The van der Waals surface area contributed by atoms with E-state index in [2.05, 4.69) is 33.0 Å². The molecule has 1 heteroatoms. The Hall–Kier alpha value is -0.0400. The van der Waals surface area contributed by atoms with Crippen LogP contribution in [-0.4, -0.2) is 12.6 Å². The Bertz CT molecular complexity index is 202. The van der Waals surface area contributed by atoms with E-state index in [1.54, 1.807) is 0 Å². The molecule has 0 saturated heterocycles. The van der Waals surface area contributed by atoms with Gasteiger partial charge in [0.15, 0.2) is 0 Å². The summed E-state index contributed by atoms with van der Waals surface area (Å²) < 4.78 is 0. The van der Waals surface area contributed by atoms with E-state index in [9.17, 15) is 0 Å². The smallest absolute Gasteiger partial charge is 0.0123 e. The zero-order valence-electron chi connectivity index (χ0n) is 13.2. The molecule has 0 heterocycles. The second-order valence-corrected chi connectivity index (χ2v) is 6.43. The molecule has 0 spiro atoms. The lowest BCUT2D eigenvalue weighted by Gasteiger charge is -2.38. The van der Waals surface area contributed by atoms with Crippen molar-refractivity contribution in [1.82, 2.24) is 5.32 Å². The quantitative estimate of drug-likeness (QED) is 0.641. The van der Waals surface area contributed by atoms with Gasteiger partial charge in [-0.3, -0.25) is 0 Å². The third kappa shape index (κ3) is 4.91. The zero-order valence-corrected chi connectivity index (χ0v) is 13.2. The minimum Gasteiger partial charge on any atom is -0.314 e. The molecule has 0 aromatic heterocycles. The average molecular weight is 253 g/mol. The largest absolute Gasteiger partial charge is 0.314 e. The predicted octanol–water partition coefficient (Wildman–Crippen LogP) is 5.01. The number of hydrogen-bond acceptors (Lipinski definition) is 1. The number of nitrogens with one attached hydrogen (secondary N) is 1. The van der Waals surface area contributed by atoms with E-state index < -0.39 is 0 Å². The molecule has 0 bridgehead atoms. The first kappa shape index (κ1) is 16.0. The Labute approximate surface area is 115 Å². The molecule has 1 aliphatic carbocycles. The van der Waals surface area contributed by atoms with Crippen molar-refractivity contribution in [2.75, 3.05) is 6.54 Å². The van der Waals surface area contributed by atoms with E-state index >= 15 is 0 Å². The number of hydrogen-bond donors (Lipinski definition) is 1. The van der Waals surface area contributed by atoms with Gasteiger partial charge in [-0.05, 0) is 43.6 Å². The molecule has 0 aromatic rings. The molecule has 1 nitrogen and oxygen atoms in total. The fraction of sp³-hybridized carbons (Fsp3) is 1.00. The maximum Gasteiger partial charge on any atom is 0.0123 e. The lowest BCUT2D eigenvalue weighted by molar-refractivity contribution is 0.168. The van der Waals surface area contributed by atoms with E-state index in [0.717, 1.165) is 30.3 Å². The Balaban J connectivity index is 2.59. The Morgan fingerprint density at radius 2 is 1.94 bits per heavy atom. The summed E-state index contributed by atoms with van der Waals surface area (Å²) in [7, 11) is 0. The van der Waals surface area contributed by atoms with E-state index in [1.807, 2.05) is 0 Å². The van der Waals surface area contributed by atoms with Crippen LogP contribution in [-0.2, 0) is 0 Å². The lowest BCUT2D eigenvalue weighted by atomic mass is 9.73. The van der Waals surface area contributed by atoms with Gasteiger partial charge in [-0.15, -0.1) is 0 Å². The standard InChI is InChI=1S/C17H35N/c1-5-8-11-15(6-2)17(18-7-3)16-12-9-10-14(4)13-16/h14-18H,5-13H2,1-4H3. The summed E-state index contributed by atoms with van der Waals surface area (Å²) in [6.45, 7) is 10.6. The molecule has 108 valence electrons. The van der Waals surface area contributed by atoms with Crippen molar-refractivity contribution in [3.8, 4) is 0 Å². The van der Waals surface area contributed by atoms with E-state index in [-0.39, 0.29) is 0 Å². The topological polar surface area (TPSA) is 12.0 Å². The number of rotatable bonds is 8. The molecule has 0 aliphatic heterocycles. The summed E-state index contributed by atoms with van der Waals surface area (Å²) in [6.07, 6.45) is 11.4. The van der Waals surface area contributed by atoms with Gasteiger partial charge in [0, 0.05) is 6.04 Å². The summed E-state index contributed by atoms with van der Waals surface area (Å²) in [4.78, 5) is 0. The van der Waals surface area contributed by atoms with Crippen LogP contribution in [0, 0.1) is 17.8 Å². The minimum atomic E-state index is 0.786. The van der Waals surface area contributed by atoms with Crippen LogP contribution in [0.1, 0.15) is 79.1 Å². The molecule has 0 radical (unpaired) electrons. The number of unbranched alkanes of at least 4 members (excludes halogenated alkanes) is 1. The molecule has 4 atom stereocenters. The van der Waals surface area contributed by atoms with Gasteiger partial charge >= 0.3 is 0 Å². The Kier molecular flexibility index (Phi) is 7.97. The summed E-state index contributed by atoms with van der Waals surface area (Å²) >= 11 is 0. The van der Waals surface area contributed by atoms with Crippen LogP contribution in [0.25, 0.3) is 0 Å². The molecular weight excluding hydrogens is 218 g/mol. The third-order valence-electron chi connectivity index (χ3n) is 4.89. The van der Waals surface area contributed by atoms with Crippen molar-refractivity contribution < 1.29 is 0 Å². The SMILES string of the molecule is CCCCC(CC)C(NCC)C1CCCC(C)C1. The first-order valence-electron chi connectivity index (χ1n) is 8.46. The highest BCUT2D eigenvalue weighted by Gasteiger charge is 2.30. The Morgan fingerprint density at radius 1 is 1.17 bits per heavy atom. The third-order valence-corrected chi connectivity index (χ3v) is 4.89. The predicted molar refractivity (Wildman–Crippen MR) is 81.9 cm³/mol. The van der Waals surface area contributed by atoms with Gasteiger partial charge in [-0.2, -0.15) is 0 Å². The zero-order chi connectivity index (χ0) is 13.4. The van der Waals surface area contributed by atoms with Gasteiger partial charge in [0.05, 0.1) is 0 Å². The van der Waals surface area contributed by atoms with Crippen LogP contribution in [0.2, 0.25) is 0 Å². The van der Waals surface area contributed by atoms with Crippen molar-refractivity contribution in [3.05, 3.63) is 0 Å². The summed E-state index contributed by atoms with van der Waals surface area (Å²) in [5.74, 6) is 2.80. The molecule has 18 heavy (non-hydrogen) atoms. The van der Waals surface area contributed by atoms with Crippen LogP contribution in [0.15, 0.2) is 0 Å². The van der Waals surface area contributed by atoms with Crippen LogP contribution < -0.4 is 5.32 Å². The summed E-state index contributed by atoms with van der Waals surface area (Å²) in [5, 5.41) is 3.83. The summed E-state index contributed by atoms with van der Waals surface area (Å²) in [5.41, 5.74) is 0. The molecule has 1 saturated carbocycles. The van der Waals surface area contributed by atoms with Gasteiger partial charge in [-0.1, -0.05) is 59.8 Å². The van der Waals surface area contributed by atoms with Crippen LogP contribution in [0.4, 0.5) is 0 Å². The summed E-state index contributed by atoms with van der Waals surface area (Å²) in [6, 6.07) is 0.786. The van der Waals surface area contributed by atoms with Gasteiger partial charge in [-0.25, -0.2) is 0 Å². The molecular formula is C17H35N. The van der Waals surface area contributed by atoms with Crippen molar-refractivity contribution in [1.29, 1.82) is 0 Å². The highest BCUT2D eigenvalue weighted by Crippen LogP contribution is 2.35. The van der Waals surface area contributed by atoms with Gasteiger partial charge in [0.2, 0.25) is 0 Å². The van der Waals surface area contributed by atoms with Crippen LogP contribution >= 0.6 is 0 Å². The van der Waals surface area contributed by atoms with Crippen molar-refractivity contribution in [3.63, 3.8) is 0 Å². The lowest BCUT2D eigenvalue weighted by Crippen LogP contribution is -2.43. The highest BCUT2D eigenvalue weighted by molar-refractivity contribution is 4.85. The van der Waals surface area contributed by atoms with Gasteiger partial charge in [0.1, 0.15) is 0 Å². The molecule has 0 aromatic carbocycles. The molecule has 1 aliphatic rings. The van der Waals surface area contributed by atoms with Crippen LogP contribution in [0.5, 0.6) is 0 Å². The average Bonchev–Trinajstić information content (AvgIpc) is 2.38. The molecule has 1 fully saturated rings. The first-order valence-corrected chi connectivity index (χ1v) is 8.46. The highest BCUT2D eigenvalue weighted by atomic mass is 14.9. The maximum absolute atomic E-state index is 3.83. The van der Waals surface area contributed by atoms with E-state index in [1.165, 1.54) is 51.4 Å². The normalized spacial score (nSPS) is 28.0. The fourth-order valence-electron chi connectivity index (χ4n) is 3.87. The monoisotopic (exact) mass is 253 g/mol. The van der Waals surface area contributed by atoms with Crippen molar-refractivity contribution in [2.24, 2.45) is 17.8 Å². The van der Waals surface area contributed by atoms with Gasteiger partial charge in [0.25, 0.3) is 0 Å². The second-order valence-electron chi connectivity index (χ2n) is 6.43. The Morgan fingerprint density at radius 3 is 2.50 bits per heavy atom. The molecule has 1 rings (SSSR count). The second kappa shape index (κ2) is 8.96.